The zero-order chi connectivity index (χ0) is 21.9. The Bertz CT molecular complexity index is 1010. The highest BCUT2D eigenvalue weighted by atomic mass is 35.5. The number of ether oxygens (including phenoxy) is 1. The van der Waals surface area contributed by atoms with Crippen LogP contribution in [0.2, 0.25) is 5.02 Å². The lowest BCUT2D eigenvalue weighted by Crippen LogP contribution is -2.51. The van der Waals surface area contributed by atoms with E-state index >= 15 is 0 Å². The summed E-state index contributed by atoms with van der Waals surface area (Å²) in [6, 6.07) is 12.4. The number of halogens is 1. The third-order valence-corrected chi connectivity index (χ3v) is 6.49. The molecule has 9 heteroatoms. The summed E-state index contributed by atoms with van der Waals surface area (Å²) in [5.41, 5.74) is 1.21. The maximum atomic E-state index is 12.8. The van der Waals surface area contributed by atoms with Crippen LogP contribution in [-0.4, -0.2) is 69.6 Å². The molecule has 0 radical (unpaired) electrons. The number of carbonyl (C=O) groups is 2. The second-order valence-corrected chi connectivity index (χ2v) is 9.55. The van der Waals surface area contributed by atoms with E-state index in [1.165, 1.54) is 31.4 Å². The number of amides is 1. The van der Waals surface area contributed by atoms with E-state index in [4.69, 9.17) is 16.3 Å². The fourth-order valence-electron chi connectivity index (χ4n) is 3.46. The van der Waals surface area contributed by atoms with Crippen LogP contribution < -0.4 is 0 Å². The summed E-state index contributed by atoms with van der Waals surface area (Å²) < 4.78 is 28.2. The Labute approximate surface area is 181 Å². The number of sulfone groups is 1. The number of carbonyl (C=O) groups excluding carboxylic acids is 2. The van der Waals surface area contributed by atoms with E-state index in [9.17, 15) is 18.0 Å². The Morgan fingerprint density at radius 1 is 0.967 bits per heavy atom. The fourth-order valence-corrected chi connectivity index (χ4v) is 4.22. The van der Waals surface area contributed by atoms with E-state index < -0.39 is 15.9 Å². The number of nitrogens with zero attached hydrogens (tertiary/aromatic N) is 2. The average Bonchev–Trinajstić information content (AvgIpc) is 2.74. The fraction of sp³-hybridized carbons (Fsp3) is 0.333. The Kier molecular flexibility index (Phi) is 6.80. The van der Waals surface area contributed by atoms with Gasteiger partial charge in [0.15, 0.2) is 9.84 Å². The van der Waals surface area contributed by atoms with Crippen LogP contribution in [0.3, 0.4) is 0 Å². The number of esters is 1. The molecule has 2 aromatic carbocycles. The van der Waals surface area contributed by atoms with Crippen molar-refractivity contribution < 1.29 is 22.7 Å². The number of hydrogen-bond donors (Lipinski definition) is 0. The lowest BCUT2D eigenvalue weighted by Gasteiger charge is -2.38. The number of piperazine rings is 1. The van der Waals surface area contributed by atoms with E-state index in [1.807, 2.05) is 4.90 Å². The number of benzene rings is 2. The van der Waals surface area contributed by atoms with Crippen molar-refractivity contribution >= 4 is 33.3 Å². The van der Waals surface area contributed by atoms with Crippen LogP contribution >= 0.6 is 11.6 Å². The lowest BCUT2D eigenvalue weighted by atomic mass is 10.0. The first-order valence-electron chi connectivity index (χ1n) is 9.37. The summed E-state index contributed by atoms with van der Waals surface area (Å²) >= 11 is 5.96. The summed E-state index contributed by atoms with van der Waals surface area (Å²) in [5.74, 6) is -0.538. The molecule has 1 saturated heterocycles. The highest BCUT2D eigenvalue weighted by Gasteiger charge is 2.32. The Hall–Kier alpha value is -2.42. The third kappa shape index (κ3) is 5.00. The molecular formula is C21H23ClN2O5S. The molecule has 0 spiro atoms. The molecule has 30 heavy (non-hydrogen) atoms. The van der Waals surface area contributed by atoms with Gasteiger partial charge in [-0.15, -0.1) is 0 Å². The molecule has 0 aliphatic carbocycles. The maximum absolute atomic E-state index is 12.8. The largest absolute Gasteiger partial charge is 0.468 e. The summed E-state index contributed by atoms with van der Waals surface area (Å²) in [6.45, 7) is 1.87. The van der Waals surface area contributed by atoms with Gasteiger partial charge >= 0.3 is 5.97 Å². The van der Waals surface area contributed by atoms with Crippen molar-refractivity contribution in [3.63, 3.8) is 0 Å². The Balaban J connectivity index is 1.70. The summed E-state index contributed by atoms with van der Waals surface area (Å²) in [6.07, 6.45) is 1.13. The van der Waals surface area contributed by atoms with Gasteiger partial charge in [0.25, 0.3) is 5.91 Å². The minimum atomic E-state index is -3.31. The van der Waals surface area contributed by atoms with Gasteiger partial charge in [-0.05, 0) is 42.0 Å². The van der Waals surface area contributed by atoms with Gasteiger partial charge in [-0.3, -0.25) is 9.69 Å². The number of hydrogen-bond acceptors (Lipinski definition) is 6. The second-order valence-electron chi connectivity index (χ2n) is 7.10. The topological polar surface area (TPSA) is 84.0 Å². The van der Waals surface area contributed by atoms with Gasteiger partial charge in [0, 0.05) is 43.0 Å². The monoisotopic (exact) mass is 450 g/mol. The van der Waals surface area contributed by atoms with E-state index in [-0.39, 0.29) is 16.8 Å². The highest BCUT2D eigenvalue weighted by molar-refractivity contribution is 7.90. The molecule has 7 nitrogen and oxygen atoms in total. The van der Waals surface area contributed by atoms with E-state index in [0.29, 0.717) is 36.8 Å². The standard InChI is InChI=1S/C21H23ClN2O5S/c1-29-21(26)19(15-3-7-17(22)8-4-15)23-11-13-24(14-12-23)20(25)16-5-9-18(10-6-16)30(2,27)28/h3-10,19H,11-14H2,1-2H3. The molecule has 0 aromatic heterocycles. The molecular weight excluding hydrogens is 428 g/mol. The Morgan fingerprint density at radius 2 is 1.53 bits per heavy atom. The molecule has 1 unspecified atom stereocenters. The molecule has 160 valence electrons. The smallest absolute Gasteiger partial charge is 0.327 e. The Morgan fingerprint density at radius 3 is 2.03 bits per heavy atom. The first-order chi connectivity index (χ1) is 14.2. The minimum Gasteiger partial charge on any atom is -0.468 e. The quantitative estimate of drug-likeness (QED) is 0.650. The molecule has 1 fully saturated rings. The predicted octanol–water partition coefficient (Wildman–Crippen LogP) is 2.42. The average molecular weight is 451 g/mol. The van der Waals surface area contributed by atoms with Gasteiger partial charge in [0.1, 0.15) is 6.04 Å². The van der Waals surface area contributed by atoms with Crippen LogP contribution in [0.5, 0.6) is 0 Å². The van der Waals surface area contributed by atoms with Crippen molar-refractivity contribution in [1.82, 2.24) is 9.80 Å². The molecule has 1 amide bonds. The van der Waals surface area contributed by atoms with Crippen molar-refractivity contribution in [2.24, 2.45) is 0 Å². The van der Waals surface area contributed by atoms with Crippen LogP contribution in [0.15, 0.2) is 53.4 Å². The zero-order valence-corrected chi connectivity index (χ0v) is 18.3. The molecule has 0 saturated carbocycles. The molecule has 2 aromatic rings. The van der Waals surface area contributed by atoms with Crippen LogP contribution in [-0.2, 0) is 19.4 Å². The van der Waals surface area contributed by atoms with Crippen molar-refractivity contribution in [1.29, 1.82) is 0 Å². The molecule has 0 bridgehead atoms. The van der Waals surface area contributed by atoms with Gasteiger partial charge in [-0.2, -0.15) is 0 Å². The number of methoxy groups -OCH3 is 1. The first-order valence-corrected chi connectivity index (χ1v) is 11.6. The minimum absolute atomic E-state index is 0.171. The van der Waals surface area contributed by atoms with Gasteiger partial charge < -0.3 is 9.64 Å². The van der Waals surface area contributed by atoms with Gasteiger partial charge in [0.2, 0.25) is 0 Å². The maximum Gasteiger partial charge on any atom is 0.327 e. The molecule has 1 heterocycles. The second kappa shape index (κ2) is 9.16. The first kappa shape index (κ1) is 22.3. The van der Waals surface area contributed by atoms with E-state index in [0.717, 1.165) is 11.8 Å². The predicted molar refractivity (Wildman–Crippen MR) is 113 cm³/mol. The summed E-state index contributed by atoms with van der Waals surface area (Å²) in [5, 5.41) is 0.583. The molecule has 3 rings (SSSR count). The van der Waals surface area contributed by atoms with Crippen molar-refractivity contribution in [3.05, 3.63) is 64.7 Å². The molecule has 1 aliphatic rings. The summed E-state index contributed by atoms with van der Waals surface area (Å²) in [4.78, 5) is 29.1. The van der Waals surface area contributed by atoms with Crippen molar-refractivity contribution in [2.45, 2.75) is 10.9 Å². The molecule has 1 atom stereocenters. The normalized spacial score (nSPS) is 16.2. The van der Waals surface area contributed by atoms with E-state index in [1.54, 1.807) is 29.2 Å². The highest BCUT2D eigenvalue weighted by Crippen LogP contribution is 2.25. The van der Waals surface area contributed by atoms with Gasteiger partial charge in [-0.25, -0.2) is 13.2 Å². The third-order valence-electron chi connectivity index (χ3n) is 5.11. The molecule has 0 N–H and O–H groups in total. The number of rotatable bonds is 5. The lowest BCUT2D eigenvalue weighted by molar-refractivity contribution is -0.148. The molecule has 1 aliphatic heterocycles. The SMILES string of the molecule is COC(=O)C(c1ccc(Cl)cc1)N1CCN(C(=O)c2ccc(S(C)(=O)=O)cc2)CC1. The van der Waals surface area contributed by atoms with Crippen LogP contribution in [0.1, 0.15) is 22.0 Å². The van der Waals surface area contributed by atoms with E-state index in [2.05, 4.69) is 0 Å². The van der Waals surface area contributed by atoms with Crippen LogP contribution in [0, 0.1) is 0 Å². The van der Waals surface area contributed by atoms with Gasteiger partial charge in [0.05, 0.1) is 12.0 Å². The van der Waals surface area contributed by atoms with Crippen molar-refractivity contribution in [3.8, 4) is 0 Å². The zero-order valence-electron chi connectivity index (χ0n) is 16.7. The van der Waals surface area contributed by atoms with Gasteiger partial charge in [-0.1, -0.05) is 23.7 Å². The van der Waals surface area contributed by atoms with Crippen LogP contribution in [0.4, 0.5) is 0 Å². The van der Waals surface area contributed by atoms with Crippen LogP contribution in [0.25, 0.3) is 0 Å². The van der Waals surface area contributed by atoms with Crippen molar-refractivity contribution in [2.75, 3.05) is 39.5 Å². The summed E-state index contributed by atoms with van der Waals surface area (Å²) in [7, 11) is -1.96.